The molecule has 4 rings (SSSR count). The van der Waals surface area contributed by atoms with E-state index in [0.717, 1.165) is 32.8 Å². The molecule has 2 atom stereocenters. The largest absolute Gasteiger partial charge is 0.481 e. The van der Waals surface area contributed by atoms with Crippen LogP contribution in [-0.2, 0) is 20.7 Å². The first kappa shape index (κ1) is 20.6. The van der Waals surface area contributed by atoms with Crippen LogP contribution >= 0.6 is 27.7 Å². The van der Waals surface area contributed by atoms with E-state index in [1.54, 1.807) is 11.8 Å². The molecule has 0 saturated carbocycles. The van der Waals surface area contributed by atoms with Gasteiger partial charge in [0.1, 0.15) is 0 Å². The zero-order valence-corrected chi connectivity index (χ0v) is 18.1. The third-order valence-corrected chi connectivity index (χ3v) is 6.48. The minimum Gasteiger partial charge on any atom is -0.481 e. The maximum absolute atomic E-state index is 11.9. The van der Waals surface area contributed by atoms with Crippen molar-refractivity contribution in [3.05, 3.63) is 64.1 Å². The highest BCUT2D eigenvalue weighted by molar-refractivity contribution is 9.10. The summed E-state index contributed by atoms with van der Waals surface area (Å²) in [5.41, 5.74) is 2.99. The van der Waals surface area contributed by atoms with Gasteiger partial charge in [-0.1, -0.05) is 51.4 Å². The second-order valence-corrected chi connectivity index (χ2v) is 8.90. The summed E-state index contributed by atoms with van der Waals surface area (Å²) in [4.78, 5) is 23.9. The van der Waals surface area contributed by atoms with Crippen molar-refractivity contribution in [1.29, 1.82) is 0 Å². The molecule has 2 unspecified atom stereocenters. The average Bonchev–Trinajstić information content (AvgIpc) is 3.06. The number of hydrogen-bond acceptors (Lipinski definition) is 6. The maximum Gasteiger partial charge on any atom is 0.316 e. The molecule has 0 bridgehead atoms. The molecule has 1 amide bonds. The fourth-order valence-electron chi connectivity index (χ4n) is 3.35. The van der Waals surface area contributed by atoms with Crippen LogP contribution in [0.5, 0.6) is 0 Å². The van der Waals surface area contributed by atoms with Crippen molar-refractivity contribution in [3.8, 4) is 0 Å². The Balaban J connectivity index is 1.65. The number of nitrogens with one attached hydrogen (secondary N) is 1. The van der Waals surface area contributed by atoms with Gasteiger partial charge in [0.25, 0.3) is 5.91 Å². The number of rotatable bonds is 5. The minimum absolute atomic E-state index is 0.0769. The number of carboxylic acid groups (broad SMARTS) is 1. The SMILES string of the molecule is O=C(O)CC1OC(=NN=C2c3cc(Br)ccc3SCC2Cc2ccccc2)NC1=O. The van der Waals surface area contributed by atoms with E-state index in [1.165, 1.54) is 5.56 Å². The van der Waals surface area contributed by atoms with E-state index in [1.807, 2.05) is 36.4 Å². The monoisotopic (exact) mass is 487 g/mol. The molecule has 9 heteroatoms. The lowest BCUT2D eigenvalue weighted by Gasteiger charge is -2.26. The number of amidine groups is 1. The Labute approximate surface area is 185 Å². The number of carbonyl (C=O) groups excluding carboxylic acids is 1. The van der Waals surface area contributed by atoms with Crippen molar-refractivity contribution >= 4 is 51.3 Å². The molecule has 0 aliphatic carbocycles. The molecule has 30 heavy (non-hydrogen) atoms. The predicted octanol–water partition coefficient (Wildman–Crippen LogP) is 3.46. The molecule has 154 valence electrons. The molecule has 2 aliphatic rings. The third kappa shape index (κ3) is 4.73. The van der Waals surface area contributed by atoms with Crippen LogP contribution in [0.3, 0.4) is 0 Å². The van der Waals surface area contributed by atoms with E-state index in [-0.39, 0.29) is 11.9 Å². The third-order valence-electron chi connectivity index (χ3n) is 4.75. The number of aliphatic carboxylic acids is 1. The van der Waals surface area contributed by atoms with E-state index < -0.39 is 24.4 Å². The molecule has 1 fully saturated rings. The number of carboxylic acids is 1. The minimum atomic E-state index is -1.12. The van der Waals surface area contributed by atoms with E-state index in [0.29, 0.717) is 0 Å². The summed E-state index contributed by atoms with van der Waals surface area (Å²) < 4.78 is 6.27. The van der Waals surface area contributed by atoms with Crippen LogP contribution in [-0.4, -0.2) is 40.6 Å². The molecule has 2 aromatic carbocycles. The lowest BCUT2D eigenvalue weighted by Crippen LogP contribution is -2.27. The predicted molar refractivity (Wildman–Crippen MR) is 118 cm³/mol. The van der Waals surface area contributed by atoms with Crippen LogP contribution in [0, 0.1) is 5.92 Å². The Morgan fingerprint density at radius 3 is 2.80 bits per heavy atom. The molecule has 7 nitrogen and oxygen atoms in total. The van der Waals surface area contributed by atoms with Crippen molar-refractivity contribution in [2.45, 2.75) is 23.8 Å². The van der Waals surface area contributed by atoms with E-state index >= 15 is 0 Å². The molecule has 0 spiro atoms. The molecule has 0 aromatic heterocycles. The number of amides is 1. The fraction of sp³-hybridized carbons (Fsp3) is 0.238. The second-order valence-electron chi connectivity index (χ2n) is 6.92. The quantitative estimate of drug-likeness (QED) is 0.628. The van der Waals surface area contributed by atoms with E-state index in [2.05, 4.69) is 43.6 Å². The van der Waals surface area contributed by atoms with Gasteiger partial charge in [0.05, 0.1) is 12.1 Å². The Kier molecular flexibility index (Phi) is 6.19. The molecular formula is C21H18BrN3O4S. The van der Waals surface area contributed by atoms with Crippen LogP contribution in [0.1, 0.15) is 17.5 Å². The molecule has 2 aliphatic heterocycles. The van der Waals surface area contributed by atoms with Crippen LogP contribution in [0.25, 0.3) is 0 Å². The lowest BCUT2D eigenvalue weighted by atomic mass is 9.91. The summed E-state index contributed by atoms with van der Waals surface area (Å²) in [6.07, 6.45) is -0.715. The van der Waals surface area contributed by atoms with Crippen LogP contribution < -0.4 is 5.32 Å². The smallest absolute Gasteiger partial charge is 0.316 e. The Morgan fingerprint density at radius 2 is 2.03 bits per heavy atom. The first-order chi connectivity index (χ1) is 14.5. The lowest BCUT2D eigenvalue weighted by molar-refractivity contribution is -0.141. The molecular weight excluding hydrogens is 470 g/mol. The zero-order chi connectivity index (χ0) is 21.1. The zero-order valence-electron chi connectivity index (χ0n) is 15.7. The van der Waals surface area contributed by atoms with Crippen LogP contribution in [0.2, 0.25) is 0 Å². The van der Waals surface area contributed by atoms with Gasteiger partial charge in [0.2, 0.25) is 0 Å². The average molecular weight is 488 g/mol. The van der Waals surface area contributed by atoms with Gasteiger partial charge in [-0.2, -0.15) is 0 Å². The van der Waals surface area contributed by atoms with Gasteiger partial charge >= 0.3 is 12.0 Å². The molecule has 1 saturated heterocycles. The Morgan fingerprint density at radius 1 is 1.23 bits per heavy atom. The summed E-state index contributed by atoms with van der Waals surface area (Å²) >= 11 is 5.30. The standard InChI is InChI=1S/C21H18BrN3O4S/c22-14-6-7-17-15(9-14)19(13(11-30-17)8-12-4-2-1-3-5-12)24-25-21-23-20(28)16(29-21)10-18(26)27/h1-7,9,13,16H,8,10-11H2,(H,26,27)(H,23,25,28). The highest BCUT2D eigenvalue weighted by atomic mass is 79.9. The number of halogens is 1. The molecule has 2 heterocycles. The van der Waals surface area contributed by atoms with Crippen molar-refractivity contribution in [1.82, 2.24) is 5.32 Å². The van der Waals surface area contributed by atoms with E-state index in [9.17, 15) is 9.59 Å². The van der Waals surface area contributed by atoms with Gasteiger partial charge in [-0.25, -0.2) is 0 Å². The molecule has 2 N–H and O–H groups in total. The fourth-order valence-corrected chi connectivity index (χ4v) is 4.85. The van der Waals surface area contributed by atoms with Crippen molar-refractivity contribution in [2.75, 3.05) is 5.75 Å². The molecule has 0 radical (unpaired) electrons. The van der Waals surface area contributed by atoms with Crippen LogP contribution in [0.15, 0.2) is 68.1 Å². The summed E-state index contributed by atoms with van der Waals surface area (Å²) in [5.74, 6) is -0.675. The highest BCUT2D eigenvalue weighted by Gasteiger charge is 2.33. The Bertz CT molecular complexity index is 1040. The van der Waals surface area contributed by atoms with Gasteiger partial charge < -0.3 is 9.84 Å². The van der Waals surface area contributed by atoms with Crippen molar-refractivity contribution in [3.63, 3.8) is 0 Å². The first-order valence-corrected chi connectivity index (χ1v) is 11.1. The summed E-state index contributed by atoms with van der Waals surface area (Å²) in [6.45, 7) is 0. The summed E-state index contributed by atoms with van der Waals surface area (Å²) in [6, 6.07) is 16.1. The van der Waals surface area contributed by atoms with Gasteiger partial charge in [-0.05, 0) is 30.2 Å². The topological polar surface area (TPSA) is 100 Å². The number of fused-ring (bicyclic) bond motifs is 1. The second kappa shape index (κ2) is 9.01. The van der Waals surface area contributed by atoms with Crippen molar-refractivity contribution in [2.24, 2.45) is 16.1 Å². The normalized spacial score (nSPS) is 23.2. The van der Waals surface area contributed by atoms with E-state index in [4.69, 9.17) is 9.84 Å². The highest BCUT2D eigenvalue weighted by Crippen LogP contribution is 2.36. The summed E-state index contributed by atoms with van der Waals surface area (Å²) in [5, 5.41) is 19.9. The van der Waals surface area contributed by atoms with Crippen molar-refractivity contribution < 1.29 is 19.4 Å². The maximum atomic E-state index is 11.9. The number of thioether (sulfide) groups is 1. The van der Waals surface area contributed by atoms with Gasteiger partial charge in [-0.3, -0.25) is 14.9 Å². The van der Waals surface area contributed by atoms with Crippen LogP contribution in [0.4, 0.5) is 0 Å². The molecule has 2 aromatic rings. The number of ether oxygens (including phenoxy) is 1. The number of benzene rings is 2. The number of carbonyl (C=O) groups is 2. The van der Waals surface area contributed by atoms with Gasteiger partial charge in [-0.15, -0.1) is 16.9 Å². The number of hydrogen-bond donors (Lipinski definition) is 2. The van der Waals surface area contributed by atoms with Gasteiger partial charge in [0, 0.05) is 26.6 Å². The Hall–Kier alpha value is -2.65. The van der Waals surface area contributed by atoms with Gasteiger partial charge in [0.15, 0.2) is 6.10 Å². The summed E-state index contributed by atoms with van der Waals surface area (Å²) in [7, 11) is 0. The number of nitrogens with zero attached hydrogens (tertiary/aromatic N) is 2. The first-order valence-electron chi connectivity index (χ1n) is 9.31.